The minimum Gasteiger partial charge on any atom is -0.493 e. The Bertz CT molecular complexity index is 797. The Labute approximate surface area is 162 Å². The van der Waals surface area contributed by atoms with E-state index in [1.165, 1.54) is 12.3 Å². The van der Waals surface area contributed by atoms with Crippen molar-refractivity contribution in [1.29, 1.82) is 0 Å². The first-order chi connectivity index (χ1) is 12.5. The van der Waals surface area contributed by atoms with Crippen LogP contribution in [0.3, 0.4) is 0 Å². The van der Waals surface area contributed by atoms with Crippen molar-refractivity contribution in [3.8, 4) is 11.5 Å². The second-order valence-corrected chi connectivity index (χ2v) is 5.99. The van der Waals surface area contributed by atoms with E-state index >= 15 is 0 Å². The molecule has 0 aliphatic carbocycles. The van der Waals surface area contributed by atoms with Crippen LogP contribution in [-0.2, 0) is 4.79 Å². The normalized spacial score (nSPS) is 10.6. The van der Waals surface area contributed by atoms with Crippen molar-refractivity contribution in [2.45, 2.75) is 0 Å². The SMILES string of the molecule is COc1ccc(/C=C/C(=O)NCCNc2ncc(Cl)cc2Cl)cc1OC. The number of aromatic nitrogens is 1. The maximum Gasteiger partial charge on any atom is 0.244 e. The summed E-state index contributed by atoms with van der Waals surface area (Å²) in [5, 5.41) is 6.68. The number of benzene rings is 1. The lowest BCUT2D eigenvalue weighted by Gasteiger charge is -2.08. The van der Waals surface area contributed by atoms with Gasteiger partial charge in [-0.05, 0) is 29.8 Å². The lowest BCUT2D eigenvalue weighted by Crippen LogP contribution is -2.27. The van der Waals surface area contributed by atoms with Gasteiger partial charge in [-0.15, -0.1) is 0 Å². The third-order valence-corrected chi connectivity index (χ3v) is 3.85. The van der Waals surface area contributed by atoms with Gasteiger partial charge in [-0.2, -0.15) is 0 Å². The molecule has 2 aromatic rings. The summed E-state index contributed by atoms with van der Waals surface area (Å²) in [6.45, 7) is 0.889. The topological polar surface area (TPSA) is 72.5 Å². The summed E-state index contributed by atoms with van der Waals surface area (Å²) in [4.78, 5) is 16.0. The van der Waals surface area contributed by atoms with E-state index in [4.69, 9.17) is 32.7 Å². The Morgan fingerprint density at radius 3 is 2.62 bits per heavy atom. The second-order valence-electron chi connectivity index (χ2n) is 5.15. The smallest absolute Gasteiger partial charge is 0.244 e. The van der Waals surface area contributed by atoms with Gasteiger partial charge >= 0.3 is 0 Å². The Balaban J connectivity index is 1.80. The van der Waals surface area contributed by atoms with E-state index in [2.05, 4.69) is 15.6 Å². The van der Waals surface area contributed by atoms with E-state index in [1.54, 1.807) is 38.5 Å². The molecule has 6 nitrogen and oxygen atoms in total. The Kier molecular flexibility index (Phi) is 7.56. The number of hydrogen-bond acceptors (Lipinski definition) is 5. The van der Waals surface area contributed by atoms with E-state index in [1.807, 2.05) is 6.07 Å². The molecule has 2 rings (SSSR count). The zero-order chi connectivity index (χ0) is 18.9. The first-order valence-corrected chi connectivity index (χ1v) is 8.52. The van der Waals surface area contributed by atoms with Crippen molar-refractivity contribution in [2.75, 3.05) is 32.6 Å². The highest BCUT2D eigenvalue weighted by molar-refractivity contribution is 6.35. The van der Waals surface area contributed by atoms with E-state index in [0.29, 0.717) is 40.5 Å². The lowest BCUT2D eigenvalue weighted by molar-refractivity contribution is -0.116. The molecule has 8 heteroatoms. The molecule has 138 valence electrons. The van der Waals surface area contributed by atoms with Crippen LogP contribution in [0.5, 0.6) is 11.5 Å². The van der Waals surface area contributed by atoms with Gasteiger partial charge in [-0.1, -0.05) is 29.3 Å². The van der Waals surface area contributed by atoms with Crippen LogP contribution in [-0.4, -0.2) is 38.2 Å². The highest BCUT2D eigenvalue weighted by Gasteiger charge is 2.04. The zero-order valence-electron chi connectivity index (χ0n) is 14.4. The van der Waals surface area contributed by atoms with Crippen LogP contribution in [0.1, 0.15) is 5.56 Å². The van der Waals surface area contributed by atoms with Gasteiger partial charge in [-0.3, -0.25) is 4.79 Å². The second kappa shape index (κ2) is 9.89. The predicted octanol–water partition coefficient (Wildman–Crippen LogP) is 3.65. The fourth-order valence-corrected chi connectivity index (χ4v) is 2.55. The van der Waals surface area contributed by atoms with Crippen LogP contribution >= 0.6 is 23.2 Å². The molecular formula is C18H19Cl2N3O3. The van der Waals surface area contributed by atoms with E-state index < -0.39 is 0 Å². The summed E-state index contributed by atoms with van der Waals surface area (Å²) < 4.78 is 10.4. The largest absolute Gasteiger partial charge is 0.493 e. The summed E-state index contributed by atoms with van der Waals surface area (Å²) in [5.41, 5.74) is 0.827. The minimum absolute atomic E-state index is 0.211. The Hall–Kier alpha value is -2.44. The van der Waals surface area contributed by atoms with Gasteiger partial charge in [0.25, 0.3) is 0 Å². The van der Waals surface area contributed by atoms with Crippen LogP contribution in [0.25, 0.3) is 6.08 Å². The van der Waals surface area contributed by atoms with Crippen molar-refractivity contribution < 1.29 is 14.3 Å². The number of rotatable bonds is 8. The molecule has 0 bridgehead atoms. The average Bonchev–Trinajstić information content (AvgIpc) is 2.64. The first kappa shape index (κ1) is 19.9. The number of methoxy groups -OCH3 is 2. The summed E-state index contributed by atoms with van der Waals surface area (Å²) in [6.07, 6.45) is 4.65. The molecule has 1 aromatic heterocycles. The van der Waals surface area contributed by atoms with Gasteiger partial charge in [0.1, 0.15) is 5.82 Å². The summed E-state index contributed by atoms with van der Waals surface area (Å²) >= 11 is 11.8. The van der Waals surface area contributed by atoms with Crippen molar-refractivity contribution in [3.05, 3.63) is 52.1 Å². The van der Waals surface area contributed by atoms with Crippen LogP contribution < -0.4 is 20.1 Å². The van der Waals surface area contributed by atoms with Crippen molar-refractivity contribution >= 4 is 41.0 Å². The molecular weight excluding hydrogens is 377 g/mol. The van der Waals surface area contributed by atoms with Crippen LogP contribution in [0, 0.1) is 0 Å². The van der Waals surface area contributed by atoms with Crippen molar-refractivity contribution in [3.63, 3.8) is 0 Å². The molecule has 0 saturated carbocycles. The number of nitrogens with one attached hydrogen (secondary N) is 2. The number of carbonyl (C=O) groups excluding carboxylic acids is 1. The van der Waals surface area contributed by atoms with Crippen LogP contribution in [0.4, 0.5) is 5.82 Å². The molecule has 0 atom stereocenters. The maximum atomic E-state index is 11.9. The molecule has 1 amide bonds. The van der Waals surface area contributed by atoms with Gasteiger partial charge in [-0.25, -0.2) is 4.98 Å². The summed E-state index contributed by atoms with van der Waals surface area (Å²) in [6, 6.07) is 7.01. The number of anilines is 1. The van der Waals surface area contributed by atoms with Gasteiger partial charge in [0.15, 0.2) is 11.5 Å². The average molecular weight is 396 g/mol. The fourth-order valence-electron chi connectivity index (χ4n) is 2.10. The van der Waals surface area contributed by atoms with Gasteiger partial charge < -0.3 is 20.1 Å². The van der Waals surface area contributed by atoms with Crippen molar-refractivity contribution in [2.24, 2.45) is 0 Å². The molecule has 0 saturated heterocycles. The molecule has 0 aliphatic rings. The number of halogens is 2. The quantitative estimate of drug-likeness (QED) is 0.527. The molecule has 0 fully saturated rings. The number of carbonyl (C=O) groups is 1. The summed E-state index contributed by atoms with van der Waals surface area (Å²) in [5.74, 6) is 1.55. The minimum atomic E-state index is -0.211. The van der Waals surface area contributed by atoms with Gasteiger partial charge in [0.2, 0.25) is 5.91 Å². The predicted molar refractivity (Wildman–Crippen MR) is 104 cm³/mol. The van der Waals surface area contributed by atoms with E-state index in [9.17, 15) is 4.79 Å². The lowest BCUT2D eigenvalue weighted by atomic mass is 10.2. The summed E-state index contributed by atoms with van der Waals surface area (Å²) in [7, 11) is 3.13. The number of ether oxygens (including phenoxy) is 2. The van der Waals surface area contributed by atoms with Gasteiger partial charge in [0.05, 0.1) is 24.3 Å². The molecule has 26 heavy (non-hydrogen) atoms. The highest BCUT2D eigenvalue weighted by atomic mass is 35.5. The first-order valence-electron chi connectivity index (χ1n) is 7.76. The molecule has 0 radical (unpaired) electrons. The third kappa shape index (κ3) is 5.82. The van der Waals surface area contributed by atoms with Crippen LogP contribution in [0.15, 0.2) is 36.5 Å². The fraction of sp³-hybridized carbons (Fsp3) is 0.222. The number of pyridine rings is 1. The molecule has 0 unspecified atom stereocenters. The Morgan fingerprint density at radius 1 is 1.15 bits per heavy atom. The zero-order valence-corrected chi connectivity index (χ0v) is 15.9. The maximum absolute atomic E-state index is 11.9. The van der Waals surface area contributed by atoms with E-state index in [-0.39, 0.29) is 5.91 Å². The molecule has 1 aromatic carbocycles. The molecule has 0 spiro atoms. The Morgan fingerprint density at radius 2 is 1.92 bits per heavy atom. The molecule has 1 heterocycles. The van der Waals surface area contributed by atoms with Gasteiger partial charge in [0, 0.05) is 25.4 Å². The molecule has 0 aliphatic heterocycles. The highest BCUT2D eigenvalue weighted by Crippen LogP contribution is 2.28. The third-order valence-electron chi connectivity index (χ3n) is 3.36. The number of nitrogens with zero attached hydrogens (tertiary/aromatic N) is 1. The van der Waals surface area contributed by atoms with Crippen LogP contribution in [0.2, 0.25) is 10.0 Å². The monoisotopic (exact) mass is 395 g/mol. The van der Waals surface area contributed by atoms with Crippen molar-refractivity contribution in [1.82, 2.24) is 10.3 Å². The number of amides is 1. The standard InChI is InChI=1S/C18H19Cl2N3O3/c1-25-15-5-3-12(9-16(15)26-2)4-6-17(24)21-7-8-22-18-14(20)10-13(19)11-23-18/h3-6,9-11H,7-8H2,1-2H3,(H,21,24)(H,22,23)/b6-4+. The van der Waals surface area contributed by atoms with E-state index in [0.717, 1.165) is 5.56 Å². The number of hydrogen-bond donors (Lipinski definition) is 2. The molecule has 2 N–H and O–H groups in total.